The third-order valence-corrected chi connectivity index (χ3v) is 6.67. The van der Waals surface area contributed by atoms with Crippen molar-refractivity contribution in [2.75, 3.05) is 31.7 Å². The summed E-state index contributed by atoms with van der Waals surface area (Å²) < 4.78 is 11.4. The molecule has 0 spiro atoms. The molecule has 3 N–H and O–H groups in total. The second kappa shape index (κ2) is 11.4. The lowest BCUT2D eigenvalue weighted by Crippen LogP contribution is -2.38. The van der Waals surface area contributed by atoms with E-state index >= 15 is 0 Å². The third-order valence-electron chi connectivity index (χ3n) is 6.67. The summed E-state index contributed by atoms with van der Waals surface area (Å²) in [5.41, 5.74) is 2.95. The van der Waals surface area contributed by atoms with Gasteiger partial charge in [0.1, 0.15) is 18.0 Å². The number of carbonyl (C=O) groups excluding carboxylic acids is 1. The highest BCUT2D eigenvalue weighted by molar-refractivity contribution is 5.91. The fourth-order valence-corrected chi connectivity index (χ4v) is 4.64. The number of aromatic amines is 1. The average molecular weight is 518 g/mol. The molecule has 1 atom stereocenters. The Bertz CT molecular complexity index is 1390. The van der Waals surface area contributed by atoms with Gasteiger partial charge in [-0.05, 0) is 42.9 Å². The summed E-state index contributed by atoms with van der Waals surface area (Å²) >= 11 is 0. The Morgan fingerprint density at radius 1 is 1.18 bits per heavy atom. The summed E-state index contributed by atoms with van der Waals surface area (Å²) in [7, 11) is 1.67. The molecule has 4 heterocycles. The molecule has 0 unspecified atom stereocenters. The molecule has 1 fully saturated rings. The molecule has 0 radical (unpaired) electrons. The highest BCUT2D eigenvalue weighted by atomic mass is 16.5. The smallest absolute Gasteiger partial charge is 0.322 e. The van der Waals surface area contributed by atoms with E-state index in [0.29, 0.717) is 25.0 Å². The molecule has 11 heteroatoms. The van der Waals surface area contributed by atoms with Crippen molar-refractivity contribution in [3.05, 3.63) is 65.7 Å². The van der Waals surface area contributed by atoms with Gasteiger partial charge in [0.25, 0.3) is 5.91 Å². The van der Waals surface area contributed by atoms with Gasteiger partial charge >= 0.3 is 6.01 Å². The van der Waals surface area contributed by atoms with Gasteiger partial charge in [-0.2, -0.15) is 15.0 Å². The number of aromatic nitrogens is 5. The number of amides is 1. The number of piperidine rings is 1. The second-order valence-corrected chi connectivity index (χ2v) is 9.32. The Hall–Kier alpha value is -4.25. The molecule has 38 heavy (non-hydrogen) atoms. The number of H-pyrrole nitrogens is 1. The number of aliphatic hydroxyl groups excluding tert-OH is 1. The number of nitrogens with zero attached hydrogens (tertiary/aromatic N) is 5. The molecular weight excluding hydrogens is 486 g/mol. The molecule has 1 aliphatic heterocycles. The number of pyridine rings is 1. The molecule has 0 aliphatic carbocycles. The Balaban J connectivity index is 1.35. The van der Waals surface area contributed by atoms with Gasteiger partial charge in [-0.3, -0.25) is 4.79 Å². The number of methoxy groups -OCH3 is 1. The first kappa shape index (κ1) is 25.4. The Labute approximate surface area is 220 Å². The number of carbonyl (C=O) groups is 1. The predicted molar refractivity (Wildman–Crippen MR) is 141 cm³/mol. The molecule has 1 amide bonds. The minimum Gasteiger partial charge on any atom is -0.496 e. The predicted octanol–water partition coefficient (Wildman–Crippen LogP) is 2.83. The van der Waals surface area contributed by atoms with E-state index in [-0.39, 0.29) is 25.0 Å². The van der Waals surface area contributed by atoms with Gasteiger partial charge in [0.15, 0.2) is 0 Å². The number of nitrogens with one attached hydrogen (secondary N) is 2. The van der Waals surface area contributed by atoms with Crippen LogP contribution < -0.4 is 19.7 Å². The second-order valence-electron chi connectivity index (χ2n) is 9.32. The minimum atomic E-state index is -0.493. The van der Waals surface area contributed by atoms with Crippen LogP contribution in [0.15, 0.2) is 48.8 Å². The monoisotopic (exact) mass is 517 g/mol. The van der Waals surface area contributed by atoms with Gasteiger partial charge in [-0.25, -0.2) is 4.98 Å². The lowest BCUT2D eigenvalue weighted by atomic mass is 9.89. The molecule has 3 aromatic heterocycles. The first-order chi connectivity index (χ1) is 18.6. The molecule has 11 nitrogen and oxygen atoms in total. The van der Waals surface area contributed by atoms with Gasteiger partial charge in [0, 0.05) is 31.5 Å². The van der Waals surface area contributed by atoms with Crippen LogP contribution in [0.5, 0.6) is 11.8 Å². The van der Waals surface area contributed by atoms with Crippen molar-refractivity contribution in [1.29, 1.82) is 0 Å². The molecule has 198 valence electrons. The quantitative estimate of drug-likeness (QED) is 0.306. The number of benzene rings is 1. The maximum atomic E-state index is 12.8. The largest absolute Gasteiger partial charge is 0.496 e. The molecule has 5 rings (SSSR count). The molecule has 4 aromatic rings. The number of aliphatic hydroxyl groups is 1. The molecular formula is C27H31N7O4. The first-order valence-corrected chi connectivity index (χ1v) is 12.6. The normalized spacial score (nSPS) is 14.9. The summed E-state index contributed by atoms with van der Waals surface area (Å²) in [5, 5.41) is 13.1. The van der Waals surface area contributed by atoms with Crippen molar-refractivity contribution in [3.8, 4) is 11.8 Å². The molecule has 1 saturated heterocycles. The molecule has 0 saturated carbocycles. The first-order valence-electron chi connectivity index (χ1n) is 12.6. The molecule has 1 aliphatic rings. The van der Waals surface area contributed by atoms with Crippen molar-refractivity contribution >= 4 is 22.9 Å². The number of fused-ring (bicyclic) bond motifs is 1. The van der Waals surface area contributed by atoms with Gasteiger partial charge in [0.2, 0.25) is 11.8 Å². The van der Waals surface area contributed by atoms with E-state index in [2.05, 4.69) is 30.2 Å². The van der Waals surface area contributed by atoms with Crippen LogP contribution in [0.2, 0.25) is 0 Å². The van der Waals surface area contributed by atoms with Gasteiger partial charge in [0.05, 0.1) is 19.1 Å². The van der Waals surface area contributed by atoms with Crippen molar-refractivity contribution in [2.24, 2.45) is 0 Å². The van der Waals surface area contributed by atoms with Gasteiger partial charge in [-0.15, -0.1) is 0 Å². The highest BCUT2D eigenvalue weighted by Gasteiger charge is 2.27. The van der Waals surface area contributed by atoms with E-state index in [1.165, 1.54) is 5.56 Å². The maximum Gasteiger partial charge on any atom is 0.322 e. The van der Waals surface area contributed by atoms with E-state index in [0.717, 1.165) is 35.2 Å². The summed E-state index contributed by atoms with van der Waals surface area (Å²) in [4.78, 5) is 35.8. The zero-order chi connectivity index (χ0) is 26.5. The number of hydrogen-bond donors (Lipinski definition) is 3. The lowest BCUT2D eigenvalue weighted by Gasteiger charge is -2.32. The van der Waals surface area contributed by atoms with E-state index in [1.54, 1.807) is 20.2 Å². The maximum absolute atomic E-state index is 12.8. The average Bonchev–Trinajstić information content (AvgIpc) is 3.41. The van der Waals surface area contributed by atoms with Crippen LogP contribution >= 0.6 is 0 Å². The minimum absolute atomic E-state index is 0.0482. The number of hydrogen-bond acceptors (Lipinski definition) is 9. The summed E-state index contributed by atoms with van der Waals surface area (Å²) in [6.45, 7) is 3.15. The van der Waals surface area contributed by atoms with Crippen LogP contribution in [0.1, 0.15) is 47.4 Å². The number of anilines is 1. The summed E-state index contributed by atoms with van der Waals surface area (Å²) in [6.07, 6.45) is 5.47. The fourth-order valence-electron chi connectivity index (χ4n) is 4.64. The van der Waals surface area contributed by atoms with Crippen molar-refractivity contribution in [3.63, 3.8) is 0 Å². The molecule has 0 bridgehead atoms. The summed E-state index contributed by atoms with van der Waals surface area (Å²) in [6, 6.07) is 11.2. The van der Waals surface area contributed by atoms with E-state index in [4.69, 9.17) is 9.47 Å². The third kappa shape index (κ3) is 5.52. The topological polar surface area (TPSA) is 138 Å². The van der Waals surface area contributed by atoms with Crippen LogP contribution in [-0.4, -0.2) is 68.8 Å². The Kier molecular flexibility index (Phi) is 7.64. The van der Waals surface area contributed by atoms with Crippen LogP contribution in [0.3, 0.4) is 0 Å². The lowest BCUT2D eigenvalue weighted by molar-refractivity contribution is 0.0909. The van der Waals surface area contributed by atoms with Gasteiger partial charge < -0.3 is 29.8 Å². The Morgan fingerprint density at radius 2 is 1.97 bits per heavy atom. The Morgan fingerprint density at radius 3 is 2.71 bits per heavy atom. The van der Waals surface area contributed by atoms with Gasteiger partial charge in [-0.1, -0.05) is 30.3 Å². The van der Waals surface area contributed by atoms with Crippen molar-refractivity contribution in [1.82, 2.24) is 30.2 Å². The van der Waals surface area contributed by atoms with E-state index in [9.17, 15) is 9.90 Å². The number of rotatable bonds is 9. The SMILES string of the molecule is COc1ccnc2[nH]cc(C3CCN(c4nc(OCc5ccccc5)nc(C(=O)N[C@H](C)CO)n4)CC3)c12. The number of ether oxygens (including phenoxy) is 2. The zero-order valence-corrected chi connectivity index (χ0v) is 21.4. The van der Waals surface area contributed by atoms with Crippen LogP contribution in [0.25, 0.3) is 11.0 Å². The van der Waals surface area contributed by atoms with Crippen LogP contribution in [-0.2, 0) is 6.61 Å². The standard InChI is InChI=1S/C27H31N7O4/c1-17(15-35)30-25(36)24-31-26(33-27(32-24)38-16-18-6-4-3-5-7-18)34-12-9-19(10-13-34)20-14-29-23-22(20)21(37-2)8-11-28-23/h3-8,11,14,17,19,35H,9-10,12-13,15-16H2,1-2H3,(H,28,29)(H,30,36)/t17-/m1/s1. The summed E-state index contributed by atoms with van der Waals surface area (Å²) in [5.74, 6) is 0.962. The van der Waals surface area contributed by atoms with Crippen LogP contribution in [0.4, 0.5) is 5.95 Å². The van der Waals surface area contributed by atoms with Crippen LogP contribution in [0, 0.1) is 0 Å². The van der Waals surface area contributed by atoms with Crippen molar-refractivity contribution in [2.45, 2.75) is 38.3 Å². The fraction of sp³-hybridized carbons (Fsp3) is 0.370. The highest BCUT2D eigenvalue weighted by Crippen LogP contribution is 2.37. The van der Waals surface area contributed by atoms with E-state index in [1.807, 2.05) is 47.5 Å². The molecule has 1 aromatic carbocycles. The zero-order valence-electron chi connectivity index (χ0n) is 21.4. The van der Waals surface area contributed by atoms with Crippen molar-refractivity contribution < 1.29 is 19.4 Å². The van der Waals surface area contributed by atoms with E-state index < -0.39 is 11.9 Å².